The Bertz CT molecular complexity index is 365. The van der Waals surface area contributed by atoms with E-state index < -0.39 is 0 Å². The third-order valence-electron chi connectivity index (χ3n) is 2.21. The second kappa shape index (κ2) is 7.40. The second-order valence-corrected chi connectivity index (χ2v) is 3.57. The van der Waals surface area contributed by atoms with E-state index in [1.165, 1.54) is 5.56 Å². The molecule has 4 N–H and O–H groups in total. The Morgan fingerprint density at radius 2 is 1.76 bits per heavy atom. The highest BCUT2D eigenvalue weighted by atomic mass is 16.2. The van der Waals surface area contributed by atoms with Crippen molar-refractivity contribution in [1.82, 2.24) is 10.6 Å². The minimum absolute atomic E-state index is 0.0230. The Kier molecular flexibility index (Phi) is 5.74. The molecule has 0 heterocycles. The maximum Gasteiger partial charge on any atom is 0.239 e. The van der Waals surface area contributed by atoms with Crippen LogP contribution in [0.2, 0.25) is 0 Å². The van der Waals surface area contributed by atoms with Gasteiger partial charge in [-0.1, -0.05) is 30.3 Å². The highest BCUT2D eigenvalue weighted by Crippen LogP contribution is 1.97. The molecule has 0 aliphatic rings. The monoisotopic (exact) mass is 235 g/mol. The second-order valence-electron chi connectivity index (χ2n) is 3.57. The molecular formula is C12H17N3O2. The minimum Gasteiger partial charge on any atom is -0.354 e. The van der Waals surface area contributed by atoms with Crippen LogP contribution in [0.15, 0.2) is 30.3 Å². The molecule has 17 heavy (non-hydrogen) atoms. The topological polar surface area (TPSA) is 84.2 Å². The van der Waals surface area contributed by atoms with Gasteiger partial charge in [0.15, 0.2) is 0 Å². The van der Waals surface area contributed by atoms with Gasteiger partial charge in [-0.25, -0.2) is 0 Å². The van der Waals surface area contributed by atoms with E-state index in [4.69, 9.17) is 5.73 Å². The van der Waals surface area contributed by atoms with Crippen molar-refractivity contribution in [2.45, 2.75) is 6.42 Å². The van der Waals surface area contributed by atoms with Crippen molar-refractivity contribution in [2.24, 2.45) is 5.73 Å². The summed E-state index contributed by atoms with van der Waals surface area (Å²) in [5, 5.41) is 5.12. The zero-order valence-corrected chi connectivity index (χ0v) is 9.61. The lowest BCUT2D eigenvalue weighted by atomic mass is 10.1. The number of carbonyl (C=O) groups is 2. The predicted molar refractivity (Wildman–Crippen MR) is 65.2 cm³/mol. The lowest BCUT2D eigenvalue weighted by molar-refractivity contribution is -0.125. The number of benzene rings is 1. The molecule has 0 spiro atoms. The number of hydrogen-bond donors (Lipinski definition) is 3. The molecule has 0 aromatic heterocycles. The molecule has 0 unspecified atom stereocenters. The molecule has 0 fully saturated rings. The van der Waals surface area contributed by atoms with Crippen molar-refractivity contribution in [3.8, 4) is 0 Å². The van der Waals surface area contributed by atoms with E-state index in [1.807, 2.05) is 30.3 Å². The van der Waals surface area contributed by atoms with Crippen molar-refractivity contribution in [2.75, 3.05) is 19.6 Å². The Labute approximate surface area is 100 Å². The van der Waals surface area contributed by atoms with Crippen LogP contribution in [-0.4, -0.2) is 31.4 Å². The summed E-state index contributed by atoms with van der Waals surface area (Å²) in [7, 11) is 0. The third-order valence-corrected chi connectivity index (χ3v) is 2.21. The molecule has 5 heteroatoms. The van der Waals surface area contributed by atoms with Crippen LogP contribution in [0.1, 0.15) is 5.56 Å². The number of rotatable bonds is 6. The molecule has 0 aliphatic heterocycles. The van der Waals surface area contributed by atoms with E-state index in [2.05, 4.69) is 10.6 Å². The Morgan fingerprint density at radius 3 is 2.41 bits per heavy atom. The fourth-order valence-corrected chi connectivity index (χ4v) is 1.30. The average molecular weight is 235 g/mol. The van der Waals surface area contributed by atoms with E-state index in [9.17, 15) is 9.59 Å². The minimum atomic E-state index is -0.330. The highest BCUT2D eigenvalue weighted by Gasteiger charge is 2.02. The summed E-state index contributed by atoms with van der Waals surface area (Å²) in [6, 6.07) is 9.87. The number of nitrogens with one attached hydrogen (secondary N) is 2. The third kappa shape index (κ3) is 5.67. The molecule has 0 aliphatic carbocycles. The standard InChI is InChI=1S/C12H17N3O2/c13-8-11(16)15-9-12(17)14-7-6-10-4-2-1-3-5-10/h1-5H,6-9,13H2,(H,14,17)(H,15,16). The van der Waals surface area contributed by atoms with Gasteiger partial charge >= 0.3 is 0 Å². The van der Waals surface area contributed by atoms with Crippen LogP contribution in [0.4, 0.5) is 0 Å². The first-order valence-corrected chi connectivity index (χ1v) is 5.49. The van der Waals surface area contributed by atoms with Crippen molar-refractivity contribution < 1.29 is 9.59 Å². The molecule has 92 valence electrons. The molecule has 1 aromatic rings. The zero-order valence-electron chi connectivity index (χ0n) is 9.61. The number of carbonyl (C=O) groups excluding carboxylic acids is 2. The Balaban J connectivity index is 2.14. The van der Waals surface area contributed by atoms with Gasteiger partial charge in [0.1, 0.15) is 0 Å². The van der Waals surface area contributed by atoms with Gasteiger partial charge in [0, 0.05) is 6.54 Å². The number of amides is 2. The van der Waals surface area contributed by atoms with E-state index in [0.717, 1.165) is 6.42 Å². The lowest BCUT2D eigenvalue weighted by Gasteiger charge is -2.06. The summed E-state index contributed by atoms with van der Waals surface area (Å²) in [5.41, 5.74) is 6.26. The van der Waals surface area contributed by atoms with Crippen LogP contribution in [0.3, 0.4) is 0 Å². The van der Waals surface area contributed by atoms with Crippen molar-refractivity contribution in [3.05, 3.63) is 35.9 Å². The number of nitrogens with two attached hydrogens (primary N) is 1. The van der Waals surface area contributed by atoms with Gasteiger partial charge in [0.05, 0.1) is 13.1 Å². The molecule has 0 radical (unpaired) electrons. The molecule has 0 bridgehead atoms. The lowest BCUT2D eigenvalue weighted by Crippen LogP contribution is -2.40. The summed E-state index contributed by atoms with van der Waals surface area (Å²) in [4.78, 5) is 22.1. The van der Waals surface area contributed by atoms with Crippen LogP contribution in [0.25, 0.3) is 0 Å². The fraction of sp³-hybridized carbons (Fsp3) is 0.333. The first-order valence-electron chi connectivity index (χ1n) is 5.49. The van der Waals surface area contributed by atoms with Gasteiger partial charge in [0.2, 0.25) is 11.8 Å². The number of hydrogen-bond acceptors (Lipinski definition) is 3. The summed E-state index contributed by atoms with van der Waals surface area (Å²) in [6.45, 7) is 0.434. The van der Waals surface area contributed by atoms with Crippen LogP contribution in [0, 0.1) is 0 Å². The van der Waals surface area contributed by atoms with Gasteiger partial charge in [-0.05, 0) is 12.0 Å². The van der Waals surface area contributed by atoms with E-state index in [-0.39, 0.29) is 24.9 Å². The van der Waals surface area contributed by atoms with E-state index in [0.29, 0.717) is 6.54 Å². The van der Waals surface area contributed by atoms with Crippen LogP contribution >= 0.6 is 0 Å². The van der Waals surface area contributed by atoms with E-state index >= 15 is 0 Å². The molecule has 0 atom stereocenters. The highest BCUT2D eigenvalue weighted by molar-refractivity contribution is 5.85. The molecule has 0 saturated carbocycles. The smallest absolute Gasteiger partial charge is 0.239 e. The Hall–Kier alpha value is -1.88. The van der Waals surface area contributed by atoms with Gasteiger partial charge in [-0.15, -0.1) is 0 Å². The SMILES string of the molecule is NCC(=O)NCC(=O)NCCc1ccccc1. The summed E-state index contributed by atoms with van der Waals surface area (Å²) in [6.07, 6.45) is 0.775. The predicted octanol–water partition coefficient (Wildman–Crippen LogP) is -0.580. The fourth-order valence-electron chi connectivity index (χ4n) is 1.30. The largest absolute Gasteiger partial charge is 0.354 e. The normalized spacial score (nSPS) is 9.71. The zero-order chi connectivity index (χ0) is 12.5. The first-order chi connectivity index (χ1) is 8.22. The van der Waals surface area contributed by atoms with Crippen LogP contribution < -0.4 is 16.4 Å². The van der Waals surface area contributed by atoms with Crippen molar-refractivity contribution in [3.63, 3.8) is 0 Å². The maximum atomic E-state index is 11.3. The van der Waals surface area contributed by atoms with Crippen molar-refractivity contribution in [1.29, 1.82) is 0 Å². The molecule has 0 saturated heterocycles. The van der Waals surface area contributed by atoms with E-state index in [1.54, 1.807) is 0 Å². The Morgan fingerprint density at radius 1 is 1.06 bits per heavy atom. The average Bonchev–Trinajstić information content (AvgIpc) is 2.37. The molecular weight excluding hydrogens is 218 g/mol. The van der Waals surface area contributed by atoms with Gasteiger partial charge in [0.25, 0.3) is 0 Å². The van der Waals surface area contributed by atoms with Gasteiger partial charge in [-0.2, -0.15) is 0 Å². The van der Waals surface area contributed by atoms with Crippen molar-refractivity contribution >= 4 is 11.8 Å². The summed E-state index contributed by atoms with van der Waals surface area (Å²) < 4.78 is 0. The van der Waals surface area contributed by atoms with Crippen LogP contribution in [-0.2, 0) is 16.0 Å². The molecule has 1 rings (SSSR count). The molecule has 5 nitrogen and oxygen atoms in total. The van der Waals surface area contributed by atoms with Crippen LogP contribution in [0.5, 0.6) is 0 Å². The van der Waals surface area contributed by atoms with Gasteiger partial charge < -0.3 is 16.4 Å². The summed E-state index contributed by atoms with van der Waals surface area (Å²) >= 11 is 0. The maximum absolute atomic E-state index is 11.3. The first kappa shape index (κ1) is 13.2. The molecule has 1 aromatic carbocycles. The molecule has 2 amide bonds. The summed E-state index contributed by atoms with van der Waals surface area (Å²) in [5.74, 6) is -0.536. The van der Waals surface area contributed by atoms with Gasteiger partial charge in [-0.3, -0.25) is 9.59 Å². The quantitative estimate of drug-likeness (QED) is 0.617.